The highest BCUT2D eigenvalue weighted by Gasteiger charge is 2.25. The Morgan fingerprint density at radius 1 is 1.65 bits per heavy atom. The molecule has 0 spiro atoms. The molecule has 0 radical (unpaired) electrons. The van der Waals surface area contributed by atoms with Gasteiger partial charge in [-0.15, -0.1) is 0 Å². The zero-order valence-corrected chi connectivity index (χ0v) is 10.7. The summed E-state index contributed by atoms with van der Waals surface area (Å²) in [4.78, 5) is 24.8. The second-order valence-corrected chi connectivity index (χ2v) is 4.85. The predicted octanol–water partition coefficient (Wildman–Crippen LogP) is 0.0984. The van der Waals surface area contributed by atoms with E-state index in [1.54, 1.807) is 11.9 Å². The lowest BCUT2D eigenvalue weighted by Gasteiger charge is -2.30. The maximum absolute atomic E-state index is 11.8. The van der Waals surface area contributed by atoms with Crippen LogP contribution in [-0.2, 0) is 9.59 Å². The molecular weight excluding hydrogens is 218 g/mol. The standard InChI is InChI=1S/C12H23N3O2/c1-9(4-3-7-13)12(17)14-10-5-6-11(16)15(2)8-10/h9-10H,3-8,13H2,1-2H3,(H,14,17). The van der Waals surface area contributed by atoms with E-state index >= 15 is 0 Å². The third kappa shape index (κ3) is 4.34. The number of nitrogens with two attached hydrogens (primary N) is 1. The minimum atomic E-state index is 0.00137. The Morgan fingerprint density at radius 2 is 2.35 bits per heavy atom. The summed E-state index contributed by atoms with van der Waals surface area (Å²) in [7, 11) is 1.78. The van der Waals surface area contributed by atoms with Crippen LogP contribution in [0.4, 0.5) is 0 Å². The first-order valence-electron chi connectivity index (χ1n) is 6.29. The summed E-state index contributed by atoms with van der Waals surface area (Å²) in [5.41, 5.74) is 5.42. The van der Waals surface area contributed by atoms with E-state index in [1.807, 2.05) is 6.92 Å². The number of piperidine rings is 1. The van der Waals surface area contributed by atoms with Crippen molar-refractivity contribution in [2.24, 2.45) is 11.7 Å². The van der Waals surface area contributed by atoms with Crippen molar-refractivity contribution in [2.45, 2.75) is 38.6 Å². The van der Waals surface area contributed by atoms with Gasteiger partial charge in [-0.1, -0.05) is 6.92 Å². The van der Waals surface area contributed by atoms with E-state index in [0.29, 0.717) is 19.5 Å². The first-order valence-corrected chi connectivity index (χ1v) is 6.29. The lowest BCUT2D eigenvalue weighted by atomic mass is 10.0. The van der Waals surface area contributed by atoms with Crippen LogP contribution in [0.3, 0.4) is 0 Å². The number of likely N-dealkylation sites (tertiary alicyclic amines) is 1. The van der Waals surface area contributed by atoms with E-state index in [1.165, 1.54) is 0 Å². The van der Waals surface area contributed by atoms with Gasteiger partial charge in [-0.25, -0.2) is 0 Å². The predicted molar refractivity (Wildman–Crippen MR) is 66.3 cm³/mol. The summed E-state index contributed by atoms with van der Waals surface area (Å²) in [5.74, 6) is 0.236. The van der Waals surface area contributed by atoms with Gasteiger partial charge in [0.05, 0.1) is 0 Å². The average Bonchev–Trinajstić information content (AvgIpc) is 2.30. The molecule has 5 nitrogen and oxygen atoms in total. The van der Waals surface area contributed by atoms with Crippen molar-refractivity contribution in [3.63, 3.8) is 0 Å². The van der Waals surface area contributed by atoms with Crippen LogP contribution >= 0.6 is 0 Å². The molecule has 0 aromatic rings. The maximum Gasteiger partial charge on any atom is 0.223 e. The molecule has 2 unspecified atom stereocenters. The third-order valence-corrected chi connectivity index (χ3v) is 3.26. The second-order valence-electron chi connectivity index (χ2n) is 4.85. The first kappa shape index (κ1) is 14.0. The Labute approximate surface area is 103 Å². The lowest BCUT2D eigenvalue weighted by molar-refractivity contribution is -0.134. The highest BCUT2D eigenvalue weighted by Crippen LogP contribution is 2.11. The summed E-state index contributed by atoms with van der Waals surface area (Å²) in [6, 6.07) is 0.102. The number of carbonyl (C=O) groups excluding carboxylic acids is 2. The molecular formula is C12H23N3O2. The number of carbonyl (C=O) groups is 2. The van der Waals surface area contributed by atoms with Gasteiger partial charge >= 0.3 is 0 Å². The number of hydrogen-bond acceptors (Lipinski definition) is 3. The monoisotopic (exact) mass is 241 g/mol. The zero-order valence-electron chi connectivity index (χ0n) is 10.7. The van der Waals surface area contributed by atoms with Crippen molar-refractivity contribution in [1.82, 2.24) is 10.2 Å². The number of hydrogen-bond donors (Lipinski definition) is 2. The van der Waals surface area contributed by atoms with Crippen LogP contribution in [0, 0.1) is 5.92 Å². The van der Waals surface area contributed by atoms with Crippen LogP contribution in [0.2, 0.25) is 0 Å². The first-order chi connectivity index (χ1) is 8.04. The molecule has 0 aliphatic carbocycles. The molecule has 98 valence electrons. The van der Waals surface area contributed by atoms with E-state index < -0.39 is 0 Å². The van der Waals surface area contributed by atoms with Crippen LogP contribution in [-0.4, -0.2) is 42.9 Å². The summed E-state index contributed by atoms with van der Waals surface area (Å²) in [6.45, 7) is 3.16. The minimum absolute atomic E-state index is 0.00137. The fourth-order valence-corrected chi connectivity index (χ4v) is 2.03. The Kier molecular flexibility index (Phi) is 5.41. The molecule has 5 heteroatoms. The van der Waals surface area contributed by atoms with Crippen LogP contribution in [0.15, 0.2) is 0 Å². The quantitative estimate of drug-likeness (QED) is 0.716. The van der Waals surface area contributed by atoms with Gasteiger partial charge in [0.25, 0.3) is 0 Å². The van der Waals surface area contributed by atoms with Gasteiger partial charge in [0.15, 0.2) is 0 Å². The van der Waals surface area contributed by atoms with Crippen molar-refractivity contribution in [3.8, 4) is 0 Å². The molecule has 2 atom stereocenters. The third-order valence-electron chi connectivity index (χ3n) is 3.26. The van der Waals surface area contributed by atoms with E-state index in [9.17, 15) is 9.59 Å². The Morgan fingerprint density at radius 3 is 2.94 bits per heavy atom. The van der Waals surface area contributed by atoms with E-state index in [2.05, 4.69) is 5.32 Å². The van der Waals surface area contributed by atoms with Crippen molar-refractivity contribution in [2.75, 3.05) is 20.1 Å². The van der Waals surface area contributed by atoms with Gasteiger partial charge in [0, 0.05) is 32.0 Å². The van der Waals surface area contributed by atoms with Crippen LogP contribution in [0.1, 0.15) is 32.6 Å². The molecule has 3 N–H and O–H groups in total. The smallest absolute Gasteiger partial charge is 0.223 e. The summed E-state index contributed by atoms with van der Waals surface area (Å²) in [6.07, 6.45) is 2.97. The SMILES string of the molecule is CC(CCCN)C(=O)NC1CCC(=O)N(C)C1. The number of nitrogens with one attached hydrogen (secondary N) is 1. The number of likely N-dealkylation sites (N-methyl/N-ethyl adjacent to an activating group) is 1. The Bertz CT molecular complexity index is 281. The molecule has 1 aliphatic rings. The van der Waals surface area contributed by atoms with Crippen molar-refractivity contribution < 1.29 is 9.59 Å². The molecule has 1 rings (SSSR count). The van der Waals surface area contributed by atoms with Crippen molar-refractivity contribution in [3.05, 3.63) is 0 Å². The molecule has 1 aliphatic heterocycles. The molecule has 1 heterocycles. The van der Waals surface area contributed by atoms with Crippen LogP contribution in [0.5, 0.6) is 0 Å². The normalized spacial score (nSPS) is 22.4. The molecule has 1 fully saturated rings. The Hall–Kier alpha value is -1.10. The lowest BCUT2D eigenvalue weighted by Crippen LogP contribution is -2.49. The molecule has 0 aromatic heterocycles. The highest BCUT2D eigenvalue weighted by atomic mass is 16.2. The summed E-state index contributed by atoms with van der Waals surface area (Å²) in [5, 5.41) is 3.00. The van der Waals surface area contributed by atoms with Gasteiger partial charge < -0.3 is 16.0 Å². The second kappa shape index (κ2) is 6.59. The summed E-state index contributed by atoms with van der Waals surface area (Å²) < 4.78 is 0. The number of rotatable bonds is 5. The van der Waals surface area contributed by atoms with Gasteiger partial charge in [-0.05, 0) is 25.8 Å². The van der Waals surface area contributed by atoms with Crippen molar-refractivity contribution in [1.29, 1.82) is 0 Å². The highest BCUT2D eigenvalue weighted by molar-refractivity contribution is 5.80. The van der Waals surface area contributed by atoms with Gasteiger partial charge in [-0.3, -0.25) is 9.59 Å². The van der Waals surface area contributed by atoms with Gasteiger partial charge in [0.1, 0.15) is 0 Å². The molecule has 17 heavy (non-hydrogen) atoms. The van der Waals surface area contributed by atoms with Gasteiger partial charge in [0.2, 0.25) is 11.8 Å². The Balaban J connectivity index is 2.33. The maximum atomic E-state index is 11.8. The molecule has 0 aromatic carbocycles. The van der Waals surface area contributed by atoms with Crippen LogP contribution < -0.4 is 11.1 Å². The van der Waals surface area contributed by atoms with Crippen LogP contribution in [0.25, 0.3) is 0 Å². The summed E-state index contributed by atoms with van der Waals surface area (Å²) >= 11 is 0. The largest absolute Gasteiger partial charge is 0.351 e. The number of amides is 2. The van der Waals surface area contributed by atoms with E-state index in [4.69, 9.17) is 5.73 Å². The molecule has 0 saturated carbocycles. The fourth-order valence-electron chi connectivity index (χ4n) is 2.03. The van der Waals surface area contributed by atoms with Crippen molar-refractivity contribution >= 4 is 11.8 Å². The van der Waals surface area contributed by atoms with E-state index in [-0.39, 0.29) is 23.8 Å². The van der Waals surface area contributed by atoms with Gasteiger partial charge in [-0.2, -0.15) is 0 Å². The fraction of sp³-hybridized carbons (Fsp3) is 0.833. The molecule has 2 amide bonds. The minimum Gasteiger partial charge on any atom is -0.351 e. The average molecular weight is 241 g/mol. The molecule has 0 bridgehead atoms. The number of nitrogens with zero attached hydrogens (tertiary/aromatic N) is 1. The zero-order chi connectivity index (χ0) is 12.8. The van der Waals surface area contributed by atoms with E-state index in [0.717, 1.165) is 19.3 Å². The molecule has 1 saturated heterocycles. The topological polar surface area (TPSA) is 75.4 Å².